The first-order valence-corrected chi connectivity index (χ1v) is 2.38. The van der Waals surface area contributed by atoms with E-state index in [4.69, 9.17) is 10.9 Å². The lowest BCUT2D eigenvalue weighted by Crippen LogP contribution is -2.32. The fourth-order valence-corrected chi connectivity index (χ4v) is 0.277. The third-order valence-corrected chi connectivity index (χ3v) is 0.847. The Kier molecular flexibility index (Phi) is 9.89. The van der Waals surface area contributed by atoms with Gasteiger partial charge in [0.2, 0.25) is 0 Å². The standard InChI is InChI=1S/C4H12N2O.ClH/c1-4(6-5)2-3-7;/h4,6-7H,2-3,5H2,1H3;1H/t4-;/m0./s1. The van der Waals surface area contributed by atoms with Crippen LogP contribution in [0.2, 0.25) is 0 Å². The van der Waals surface area contributed by atoms with Crippen molar-refractivity contribution in [2.75, 3.05) is 6.61 Å². The molecule has 0 rings (SSSR count). The summed E-state index contributed by atoms with van der Waals surface area (Å²) in [6.45, 7) is 2.11. The van der Waals surface area contributed by atoms with E-state index in [1.165, 1.54) is 0 Å². The minimum Gasteiger partial charge on any atom is -0.396 e. The number of hydrogen-bond donors (Lipinski definition) is 3. The van der Waals surface area contributed by atoms with Gasteiger partial charge < -0.3 is 5.11 Å². The second kappa shape index (κ2) is 7.17. The molecule has 0 amide bonds. The lowest BCUT2D eigenvalue weighted by atomic mass is 10.3. The average molecular weight is 141 g/mol. The third-order valence-electron chi connectivity index (χ3n) is 0.847. The molecule has 0 aliphatic carbocycles. The molecule has 1 atom stereocenters. The Bertz CT molecular complexity index is 45.0. The van der Waals surface area contributed by atoms with Crippen molar-refractivity contribution in [2.24, 2.45) is 5.84 Å². The van der Waals surface area contributed by atoms with Crippen molar-refractivity contribution in [1.82, 2.24) is 5.43 Å². The number of aliphatic hydroxyl groups is 1. The van der Waals surface area contributed by atoms with Gasteiger partial charge in [0.05, 0.1) is 0 Å². The number of hydrogen-bond acceptors (Lipinski definition) is 3. The molecule has 4 heteroatoms. The molecule has 3 nitrogen and oxygen atoms in total. The highest BCUT2D eigenvalue weighted by molar-refractivity contribution is 5.85. The Labute approximate surface area is 55.6 Å². The van der Waals surface area contributed by atoms with Gasteiger partial charge >= 0.3 is 0 Å². The van der Waals surface area contributed by atoms with Crippen LogP contribution in [0.25, 0.3) is 0 Å². The van der Waals surface area contributed by atoms with Crippen LogP contribution in [0.3, 0.4) is 0 Å². The van der Waals surface area contributed by atoms with Crippen LogP contribution in [-0.2, 0) is 0 Å². The molecule has 0 radical (unpaired) electrons. The number of nitrogens with one attached hydrogen (secondary N) is 1. The van der Waals surface area contributed by atoms with E-state index in [0.717, 1.165) is 6.42 Å². The fourth-order valence-electron chi connectivity index (χ4n) is 0.277. The summed E-state index contributed by atoms with van der Waals surface area (Å²) in [5.41, 5.74) is 2.51. The maximum atomic E-state index is 8.27. The molecule has 0 saturated heterocycles. The Morgan fingerprint density at radius 3 is 2.38 bits per heavy atom. The van der Waals surface area contributed by atoms with Gasteiger partial charge in [0.25, 0.3) is 0 Å². The minimum absolute atomic E-state index is 0. The molecule has 0 unspecified atom stereocenters. The van der Waals surface area contributed by atoms with Gasteiger partial charge in [-0.25, -0.2) is 0 Å². The Morgan fingerprint density at radius 2 is 2.25 bits per heavy atom. The van der Waals surface area contributed by atoms with Crippen LogP contribution in [0.1, 0.15) is 13.3 Å². The van der Waals surface area contributed by atoms with Gasteiger partial charge in [-0.15, -0.1) is 12.4 Å². The molecule has 0 aliphatic heterocycles. The normalized spacial score (nSPS) is 12.4. The molecule has 0 fully saturated rings. The number of nitrogens with two attached hydrogens (primary N) is 1. The van der Waals surface area contributed by atoms with Crippen molar-refractivity contribution in [3.8, 4) is 0 Å². The van der Waals surface area contributed by atoms with Gasteiger partial charge in [0.1, 0.15) is 0 Å². The molecule has 4 N–H and O–H groups in total. The lowest BCUT2D eigenvalue weighted by Gasteiger charge is -2.04. The zero-order valence-electron chi connectivity index (χ0n) is 4.92. The summed E-state index contributed by atoms with van der Waals surface area (Å²) < 4.78 is 0. The number of hydrazine groups is 1. The molecular formula is C4H13ClN2O. The first kappa shape index (κ1) is 11.0. The van der Waals surface area contributed by atoms with E-state index in [9.17, 15) is 0 Å². The summed E-state index contributed by atoms with van der Waals surface area (Å²) in [4.78, 5) is 0. The SMILES string of the molecule is C[C@@H](CCO)NN.Cl. The lowest BCUT2D eigenvalue weighted by molar-refractivity contribution is 0.269. The van der Waals surface area contributed by atoms with Crippen LogP contribution < -0.4 is 11.3 Å². The van der Waals surface area contributed by atoms with Crippen molar-refractivity contribution in [2.45, 2.75) is 19.4 Å². The van der Waals surface area contributed by atoms with Crippen molar-refractivity contribution in [3.63, 3.8) is 0 Å². The van der Waals surface area contributed by atoms with Crippen molar-refractivity contribution in [1.29, 1.82) is 0 Å². The topological polar surface area (TPSA) is 58.3 Å². The second-order valence-electron chi connectivity index (χ2n) is 1.58. The first-order valence-electron chi connectivity index (χ1n) is 2.38. The summed E-state index contributed by atoms with van der Waals surface area (Å²) in [5, 5.41) is 8.27. The highest BCUT2D eigenvalue weighted by Gasteiger charge is 1.92. The van der Waals surface area contributed by atoms with Crippen LogP contribution in [0, 0.1) is 0 Å². The van der Waals surface area contributed by atoms with E-state index < -0.39 is 0 Å². The van der Waals surface area contributed by atoms with E-state index in [2.05, 4.69) is 5.43 Å². The Balaban J connectivity index is 0. The fraction of sp³-hybridized carbons (Fsp3) is 1.00. The predicted octanol–water partition coefficient (Wildman–Crippen LogP) is -0.358. The molecule has 52 valence electrons. The zero-order chi connectivity index (χ0) is 5.70. The molecule has 0 bridgehead atoms. The van der Waals surface area contributed by atoms with Crippen molar-refractivity contribution >= 4 is 12.4 Å². The predicted molar refractivity (Wildman–Crippen MR) is 35.7 cm³/mol. The van der Waals surface area contributed by atoms with Crippen LogP contribution in [0.15, 0.2) is 0 Å². The maximum Gasteiger partial charge on any atom is 0.0446 e. The van der Waals surface area contributed by atoms with Gasteiger partial charge in [0, 0.05) is 12.6 Å². The highest BCUT2D eigenvalue weighted by atomic mass is 35.5. The van der Waals surface area contributed by atoms with Crippen LogP contribution in [0.5, 0.6) is 0 Å². The summed E-state index contributed by atoms with van der Waals surface area (Å²) in [5.74, 6) is 5.00. The van der Waals surface area contributed by atoms with E-state index in [0.29, 0.717) is 0 Å². The van der Waals surface area contributed by atoms with Gasteiger partial charge in [-0.3, -0.25) is 11.3 Å². The van der Waals surface area contributed by atoms with Gasteiger partial charge in [-0.2, -0.15) is 0 Å². The van der Waals surface area contributed by atoms with E-state index >= 15 is 0 Å². The van der Waals surface area contributed by atoms with Gasteiger partial charge in [-0.05, 0) is 13.3 Å². The van der Waals surface area contributed by atoms with Crippen molar-refractivity contribution < 1.29 is 5.11 Å². The molecule has 8 heavy (non-hydrogen) atoms. The van der Waals surface area contributed by atoms with Gasteiger partial charge in [0.15, 0.2) is 0 Å². The van der Waals surface area contributed by atoms with Crippen LogP contribution in [0.4, 0.5) is 0 Å². The van der Waals surface area contributed by atoms with Gasteiger partial charge in [-0.1, -0.05) is 0 Å². The number of rotatable bonds is 3. The molecular weight excluding hydrogens is 128 g/mol. The Hall–Kier alpha value is 0.170. The molecule has 0 aliphatic rings. The molecule has 0 spiro atoms. The smallest absolute Gasteiger partial charge is 0.0446 e. The van der Waals surface area contributed by atoms with Crippen LogP contribution >= 0.6 is 12.4 Å². The molecule has 0 heterocycles. The zero-order valence-corrected chi connectivity index (χ0v) is 5.74. The first-order chi connectivity index (χ1) is 3.31. The maximum absolute atomic E-state index is 8.27. The van der Waals surface area contributed by atoms with E-state index in [-0.39, 0.29) is 25.1 Å². The quantitative estimate of drug-likeness (QED) is 0.371. The summed E-state index contributed by atoms with van der Waals surface area (Å²) in [6.07, 6.45) is 0.719. The second-order valence-corrected chi connectivity index (χ2v) is 1.58. The highest BCUT2D eigenvalue weighted by Crippen LogP contribution is 1.82. The molecule has 0 saturated carbocycles. The monoisotopic (exact) mass is 140 g/mol. The van der Waals surface area contributed by atoms with E-state index in [1.807, 2.05) is 6.92 Å². The van der Waals surface area contributed by atoms with Crippen molar-refractivity contribution in [3.05, 3.63) is 0 Å². The molecule has 0 aromatic heterocycles. The van der Waals surface area contributed by atoms with Crippen LogP contribution in [-0.4, -0.2) is 17.8 Å². The Morgan fingerprint density at radius 1 is 1.75 bits per heavy atom. The summed E-state index contributed by atoms with van der Waals surface area (Å²) in [6, 6.07) is 0.227. The summed E-state index contributed by atoms with van der Waals surface area (Å²) in [7, 11) is 0. The third kappa shape index (κ3) is 6.17. The van der Waals surface area contributed by atoms with E-state index in [1.54, 1.807) is 0 Å². The number of aliphatic hydroxyl groups excluding tert-OH is 1. The largest absolute Gasteiger partial charge is 0.396 e. The summed E-state index contributed by atoms with van der Waals surface area (Å²) >= 11 is 0. The number of halogens is 1. The minimum atomic E-state index is 0. The average Bonchev–Trinajstić information content (AvgIpc) is 1.68. The molecule has 0 aromatic rings. The molecule has 0 aromatic carbocycles.